The number of rotatable bonds is 1. The van der Waals surface area contributed by atoms with Crippen LogP contribution in [0.25, 0.3) is 10.8 Å². The van der Waals surface area contributed by atoms with E-state index in [4.69, 9.17) is 0 Å². The predicted molar refractivity (Wildman–Crippen MR) is 54.2 cm³/mol. The Balaban J connectivity index is 2.79. The van der Waals surface area contributed by atoms with Crippen molar-refractivity contribution in [1.29, 1.82) is 0 Å². The average Bonchev–Trinajstić information content (AvgIpc) is 2.19. The summed E-state index contributed by atoms with van der Waals surface area (Å²) in [6, 6.07) is 13.1. The first kappa shape index (κ1) is 9.81. The third-order valence-electron chi connectivity index (χ3n) is 2.31. The maximum absolute atomic E-state index is 2.30. The molecule has 13 heavy (non-hydrogen) atoms. The van der Waals surface area contributed by atoms with E-state index >= 15 is 0 Å². The van der Waals surface area contributed by atoms with E-state index in [0.29, 0.717) is 44.2 Å². The number of fused-ring (bicyclic) bond motifs is 1. The van der Waals surface area contributed by atoms with Crippen molar-refractivity contribution >= 4 is 10.8 Å². The van der Waals surface area contributed by atoms with Crippen LogP contribution < -0.4 is 0.0314 Å². The van der Waals surface area contributed by atoms with E-state index in [1.54, 1.807) is 0.0314 Å². The van der Waals surface area contributed by atoms with Crippen molar-refractivity contribution < 1.29 is 44.2 Å². The van der Waals surface area contributed by atoms with Crippen LogP contribution in [0.2, 0.25) is 1.39 Å². The summed E-state index contributed by atoms with van der Waals surface area (Å²) in [5, 5.41) is 2.77. The molecule has 2 aromatic rings. The summed E-state index contributed by atoms with van der Waals surface area (Å²) < 4.78 is 3.84. The first-order valence-electron chi connectivity index (χ1n) is 4.27. The van der Waals surface area contributed by atoms with E-state index in [0.717, 1.165) is 0 Å². The molecule has 0 aliphatic heterocycles. The van der Waals surface area contributed by atoms with Gasteiger partial charge in [-0.15, -0.1) is 0 Å². The van der Waals surface area contributed by atoms with Gasteiger partial charge in [-0.05, 0) is 0 Å². The summed E-state index contributed by atoms with van der Waals surface area (Å²) in [5.41, 5.74) is 1.47. The van der Waals surface area contributed by atoms with Gasteiger partial charge >= 0.3 is 105 Å². The Bertz CT molecular complexity index is 432. The molecule has 0 atom stereocenters. The molecule has 0 heterocycles. The molecular weight excluding hydrogens is 275 g/mol. The normalized spacial score (nSPS) is 10.9. The van der Waals surface area contributed by atoms with Gasteiger partial charge in [0.2, 0.25) is 0 Å². The van der Waals surface area contributed by atoms with Crippen molar-refractivity contribution in [3.8, 4) is 0 Å². The first-order chi connectivity index (χ1) is 6.33. The Morgan fingerprint density at radius 3 is 2.54 bits per heavy atom. The number of benzene rings is 2. The monoisotopic (exact) mass is 288 g/mol. The van der Waals surface area contributed by atoms with Crippen LogP contribution in [-0.2, 0) is 0 Å². The van der Waals surface area contributed by atoms with Gasteiger partial charge in [-0.1, -0.05) is 0 Å². The van der Waals surface area contributed by atoms with Gasteiger partial charge < -0.3 is 0 Å². The second kappa shape index (κ2) is 4.20. The van der Waals surface area contributed by atoms with Crippen LogP contribution in [0.5, 0.6) is 0 Å². The molecule has 0 unspecified atom stereocenters. The molecule has 0 nitrogen and oxygen atoms in total. The number of aryl methyl sites for hydroxylation is 1. The third kappa shape index (κ3) is 1.88. The van der Waals surface area contributed by atoms with E-state index in [-0.39, 0.29) is 0 Å². The molecule has 0 spiro atoms. The van der Waals surface area contributed by atoms with Gasteiger partial charge in [-0.2, -0.15) is 0 Å². The van der Waals surface area contributed by atoms with Crippen LogP contribution in [0, 0.1) is 51.1 Å². The van der Waals surface area contributed by atoms with E-state index in [9.17, 15) is 0 Å². The van der Waals surface area contributed by atoms with Crippen LogP contribution in [0.4, 0.5) is 0 Å². The average molecular weight is 288 g/mol. The van der Waals surface area contributed by atoms with Crippen LogP contribution in [0.1, 0.15) is 5.56 Å². The van der Waals surface area contributed by atoms with Crippen LogP contribution >= 0.6 is 0 Å². The molecule has 0 N–H and O–H groups in total. The van der Waals surface area contributed by atoms with Gasteiger partial charge in [-0.3, -0.25) is 0 Å². The van der Waals surface area contributed by atoms with Crippen LogP contribution in [0.3, 0.4) is 0 Å². The summed E-state index contributed by atoms with van der Waals surface area (Å²) in [5.74, 6) is 0. The number of hydrogen-bond acceptors (Lipinski definition) is 0. The molecule has 2 aromatic carbocycles. The second-order valence-electron chi connectivity index (χ2n) is 3.06. The molecule has 0 aliphatic rings. The summed E-state index contributed by atoms with van der Waals surface area (Å²) in [4.78, 5) is 0. The fraction of sp³-hybridized carbons (Fsp3) is 0.167. The Kier molecular flexibility index (Phi) is 3.17. The third-order valence-corrected chi connectivity index (χ3v) is 4.49. The molecule has 0 bridgehead atoms. The Morgan fingerprint density at radius 1 is 1.00 bits per heavy atom. The number of hydrogen-bond donors (Lipinski definition) is 0. The second-order valence-corrected chi connectivity index (χ2v) is 5.15. The van der Waals surface area contributed by atoms with Crippen molar-refractivity contribution in [2.75, 3.05) is 0 Å². The summed E-state index contributed by atoms with van der Waals surface area (Å²) in [7, 11) is 0. The van der Waals surface area contributed by atoms with Gasteiger partial charge in [0, 0.05) is 0 Å². The maximum atomic E-state index is 2.30. The van der Waals surface area contributed by atoms with E-state index in [1.165, 1.54) is 16.3 Å². The summed E-state index contributed by atoms with van der Waals surface area (Å²) in [6.45, 7) is 2.23. The fourth-order valence-electron chi connectivity index (χ4n) is 1.59. The quantitative estimate of drug-likeness (QED) is 0.756. The Morgan fingerprint density at radius 2 is 1.77 bits per heavy atom. The minimum atomic E-state index is 0.378. The van der Waals surface area contributed by atoms with Gasteiger partial charge in [-0.25, -0.2) is 0 Å². The Hall–Kier alpha value is 0.271. The van der Waals surface area contributed by atoms with Crippen molar-refractivity contribution in [3.05, 3.63) is 42.0 Å². The van der Waals surface area contributed by atoms with Gasteiger partial charge in [0.05, 0.1) is 0 Å². The summed E-state index contributed by atoms with van der Waals surface area (Å²) in [6.07, 6.45) is 0. The molecule has 0 radical (unpaired) electrons. The van der Waals surface area contributed by atoms with E-state index in [2.05, 4.69) is 44.7 Å². The van der Waals surface area contributed by atoms with Crippen molar-refractivity contribution in [1.82, 2.24) is 0 Å². The Labute approximate surface area is 104 Å². The van der Waals surface area contributed by atoms with Crippen molar-refractivity contribution in [2.24, 2.45) is 0 Å². The molecule has 1 heteroatoms. The molecule has 0 aromatic heterocycles. The molecule has 0 amide bonds. The van der Waals surface area contributed by atoms with Crippen molar-refractivity contribution in [3.63, 3.8) is 0 Å². The first-order valence-corrected chi connectivity index (χ1v) is 7.30. The standard InChI is InChI=1S/C12H12Xe/c1-9-11-6-4-3-5-10(11)7-8-12(9)13-2/h3-8H,1-2H3. The van der Waals surface area contributed by atoms with E-state index < -0.39 is 0 Å². The molecule has 0 saturated heterocycles. The van der Waals surface area contributed by atoms with Gasteiger partial charge in [0.1, 0.15) is 0 Å². The fourth-order valence-corrected chi connectivity index (χ4v) is 3.12. The minimum absolute atomic E-state index is 0.378. The molecule has 68 valence electrons. The molecular formula is C12H12Xe. The zero-order valence-corrected chi connectivity index (χ0v) is 9.84. The zero-order valence-electron chi connectivity index (χ0n) is 7.82. The molecule has 0 saturated carbocycles. The molecule has 0 aliphatic carbocycles. The van der Waals surface area contributed by atoms with Gasteiger partial charge in [0.25, 0.3) is 0 Å². The van der Waals surface area contributed by atoms with Crippen LogP contribution in [-0.4, -0.2) is 0 Å². The zero-order chi connectivity index (χ0) is 9.26. The predicted octanol–water partition coefficient (Wildman–Crippen LogP) is 2.91. The molecule has 2 rings (SSSR count). The van der Waals surface area contributed by atoms with E-state index in [1.807, 2.05) is 0 Å². The SMILES string of the molecule is C[Xe]c1ccc2ccccc2c1C. The van der Waals surface area contributed by atoms with Crippen LogP contribution in [0.15, 0.2) is 36.4 Å². The summed E-state index contributed by atoms with van der Waals surface area (Å²) >= 11 is 0.378. The van der Waals surface area contributed by atoms with Gasteiger partial charge in [0.15, 0.2) is 0 Å². The van der Waals surface area contributed by atoms with Crippen molar-refractivity contribution in [2.45, 2.75) is 8.32 Å². The topological polar surface area (TPSA) is 0 Å². The molecule has 0 fully saturated rings.